The third kappa shape index (κ3) is 11.0. The first kappa shape index (κ1) is 51.8. The van der Waals surface area contributed by atoms with E-state index in [4.69, 9.17) is 9.47 Å². The van der Waals surface area contributed by atoms with Crippen LogP contribution in [-0.4, -0.2) is 115 Å². The number of rotatable bonds is 19. The Morgan fingerprint density at radius 1 is 1.09 bits per heavy atom. The molecular formula is C57H84N2O8. The molecule has 1 aliphatic heterocycles. The van der Waals surface area contributed by atoms with Crippen molar-refractivity contribution >= 4 is 6.29 Å². The number of carbonyl (C=O) groups is 1. The van der Waals surface area contributed by atoms with Gasteiger partial charge in [-0.25, -0.2) is 0 Å². The average molecular weight is 925 g/mol. The topological polar surface area (TPSA) is 161 Å². The second kappa shape index (κ2) is 23.3. The van der Waals surface area contributed by atoms with Crippen molar-refractivity contribution in [3.05, 3.63) is 106 Å². The number of carbonyl (C=O) groups excluding carboxylic acids is 1. The zero-order valence-electron chi connectivity index (χ0n) is 41.0. The Morgan fingerprint density at radius 2 is 1.90 bits per heavy atom. The fourth-order valence-corrected chi connectivity index (χ4v) is 14.2. The molecule has 7 rings (SSSR count). The van der Waals surface area contributed by atoms with Gasteiger partial charge in [-0.05, 0) is 162 Å². The number of aldehydes is 1. The van der Waals surface area contributed by atoms with E-state index in [0.717, 1.165) is 80.3 Å². The second-order valence-corrected chi connectivity index (χ2v) is 21.6. The zero-order chi connectivity index (χ0) is 47.7. The van der Waals surface area contributed by atoms with Crippen molar-refractivity contribution in [3.8, 4) is 0 Å². The standard InChI is InChI=1S/C57H84N2O8/c1-40-18-19-45(32-42-12-9-13-43(31-42)33-55(59-34-40,27-30-66-4)48-16-6-5-7-17-48)41(2)11-8-14-47(37-67-38-49(63)36-62)50-21-25-57(53(50)64)52-44(22-29-60)20-24-54(39-56(57,65)26-28-58-3)23-10-15-46(35-61)51(52)54/h8-9,11-14,18,20,24,31,35,44-45,48-50,52-53,58-60,62-65H,2,5-7,10,15-17,19,21-23,25-30,32-34,36-39H2,1,3-4H3. The van der Waals surface area contributed by atoms with E-state index in [1.54, 1.807) is 0 Å². The first-order valence-corrected chi connectivity index (χ1v) is 25.9. The predicted octanol–water partition coefficient (Wildman–Crippen LogP) is 7.44. The Balaban J connectivity index is 1.20. The smallest absolute Gasteiger partial charge is 0.146 e. The Kier molecular flexibility index (Phi) is 18.0. The van der Waals surface area contributed by atoms with Crippen LogP contribution in [0.1, 0.15) is 114 Å². The Labute approximate surface area is 401 Å². The van der Waals surface area contributed by atoms with E-state index >= 15 is 0 Å². The van der Waals surface area contributed by atoms with Gasteiger partial charge in [0.2, 0.25) is 0 Å². The summed E-state index contributed by atoms with van der Waals surface area (Å²) in [6, 6.07) is 9.16. The Bertz CT molecular complexity index is 2000. The number of aliphatic hydroxyl groups is 5. The minimum atomic E-state index is -1.27. The Morgan fingerprint density at radius 3 is 2.64 bits per heavy atom. The molecule has 1 aromatic rings. The molecular weight excluding hydrogens is 841 g/mol. The van der Waals surface area contributed by atoms with Gasteiger partial charge in [-0.1, -0.05) is 97.7 Å². The fourth-order valence-electron chi connectivity index (χ4n) is 14.2. The second-order valence-electron chi connectivity index (χ2n) is 21.6. The first-order valence-electron chi connectivity index (χ1n) is 25.9. The number of aliphatic hydroxyl groups excluding tert-OH is 4. The monoisotopic (exact) mass is 925 g/mol. The highest BCUT2D eigenvalue weighted by atomic mass is 16.5. The maximum absolute atomic E-state index is 13.3. The molecule has 1 heterocycles. The SMILES string of the molecule is C=C(C=CC=C(COCC(O)CO)C1CCC2(C1O)C1C3=C(C=O)CCCC3(C=CC1CCO)CC2(O)CCNC)C1CC=C(C)CNC(CCOC)(C2CCCCC2)Cc2cccc(c2)C1. The van der Waals surface area contributed by atoms with Crippen LogP contribution in [0, 0.1) is 40.4 Å². The van der Waals surface area contributed by atoms with Gasteiger partial charge in [0.15, 0.2) is 0 Å². The van der Waals surface area contributed by atoms with E-state index < -0.39 is 41.2 Å². The summed E-state index contributed by atoms with van der Waals surface area (Å²) < 4.78 is 11.8. The molecule has 10 heteroatoms. The molecule has 4 bridgehead atoms. The van der Waals surface area contributed by atoms with E-state index in [1.165, 1.54) is 48.8 Å². The molecule has 6 aliphatic rings. The molecule has 3 fully saturated rings. The van der Waals surface area contributed by atoms with E-state index in [9.17, 15) is 30.3 Å². The molecule has 0 aromatic heterocycles. The van der Waals surface area contributed by atoms with Crippen LogP contribution in [0.5, 0.6) is 0 Å². The van der Waals surface area contributed by atoms with Crippen molar-refractivity contribution < 1.29 is 39.8 Å². The molecule has 3 saturated carbocycles. The molecule has 1 spiro atoms. The summed E-state index contributed by atoms with van der Waals surface area (Å²) in [5.74, 6) is -0.119. The molecule has 0 saturated heterocycles. The number of hydrogen-bond acceptors (Lipinski definition) is 10. The first-order chi connectivity index (χ1) is 32.4. The van der Waals surface area contributed by atoms with Gasteiger partial charge in [-0.2, -0.15) is 0 Å². The molecule has 1 aromatic carbocycles. The van der Waals surface area contributed by atoms with Crippen LogP contribution in [0.3, 0.4) is 0 Å². The molecule has 67 heavy (non-hydrogen) atoms. The van der Waals surface area contributed by atoms with Gasteiger partial charge in [0.05, 0.1) is 31.5 Å². The van der Waals surface area contributed by atoms with Crippen molar-refractivity contribution in [2.24, 2.45) is 40.4 Å². The molecule has 10 unspecified atom stereocenters. The van der Waals surface area contributed by atoms with Crippen molar-refractivity contribution in [3.63, 3.8) is 0 Å². The summed E-state index contributed by atoms with van der Waals surface area (Å²) in [4.78, 5) is 12.9. The van der Waals surface area contributed by atoms with Crippen LogP contribution in [0.2, 0.25) is 0 Å². The molecule has 10 nitrogen and oxygen atoms in total. The molecule has 5 aliphatic carbocycles. The minimum Gasteiger partial charge on any atom is -0.396 e. The lowest BCUT2D eigenvalue weighted by atomic mass is 9.40. The van der Waals surface area contributed by atoms with Gasteiger partial charge in [-0.3, -0.25) is 4.79 Å². The highest BCUT2D eigenvalue weighted by molar-refractivity contribution is 5.77. The van der Waals surface area contributed by atoms with E-state index in [-0.39, 0.29) is 43.1 Å². The van der Waals surface area contributed by atoms with Crippen LogP contribution in [0.15, 0.2) is 95.2 Å². The molecule has 0 radical (unpaired) electrons. The summed E-state index contributed by atoms with van der Waals surface area (Å²) in [7, 11) is 3.70. The van der Waals surface area contributed by atoms with Crippen molar-refractivity contribution in [2.45, 2.75) is 139 Å². The van der Waals surface area contributed by atoms with Gasteiger partial charge in [0, 0.05) is 49.2 Å². The van der Waals surface area contributed by atoms with Gasteiger partial charge in [0.25, 0.3) is 0 Å². The minimum absolute atomic E-state index is 0.0290. The number of ether oxygens (including phenoxy) is 2. The highest BCUT2D eigenvalue weighted by Crippen LogP contribution is 2.72. The van der Waals surface area contributed by atoms with E-state index in [1.807, 2.05) is 26.3 Å². The third-order valence-electron chi connectivity index (χ3n) is 17.6. The van der Waals surface area contributed by atoms with Gasteiger partial charge in [0.1, 0.15) is 12.4 Å². The lowest BCUT2D eigenvalue weighted by Crippen LogP contribution is -2.67. The van der Waals surface area contributed by atoms with Gasteiger partial charge in [-0.15, -0.1) is 0 Å². The van der Waals surface area contributed by atoms with Crippen LogP contribution in [0.4, 0.5) is 0 Å². The summed E-state index contributed by atoms with van der Waals surface area (Å²) in [5, 5.41) is 64.2. The number of benzene rings is 1. The quantitative estimate of drug-likeness (QED) is 0.0422. The van der Waals surface area contributed by atoms with Crippen molar-refractivity contribution in [2.75, 3.05) is 60.3 Å². The van der Waals surface area contributed by atoms with Gasteiger partial charge < -0.3 is 45.6 Å². The number of methoxy groups -OCH3 is 1. The van der Waals surface area contributed by atoms with Crippen LogP contribution < -0.4 is 10.6 Å². The molecule has 7 N–H and O–H groups in total. The molecule has 370 valence electrons. The van der Waals surface area contributed by atoms with Crippen molar-refractivity contribution in [1.29, 1.82) is 0 Å². The maximum atomic E-state index is 13.3. The van der Waals surface area contributed by atoms with E-state index in [2.05, 4.69) is 72.7 Å². The van der Waals surface area contributed by atoms with Crippen LogP contribution in [-0.2, 0) is 27.1 Å². The largest absolute Gasteiger partial charge is 0.396 e. The number of nitrogens with one attached hydrogen (secondary N) is 2. The van der Waals surface area contributed by atoms with Gasteiger partial charge >= 0.3 is 0 Å². The van der Waals surface area contributed by atoms with Crippen LogP contribution >= 0.6 is 0 Å². The number of hydrogen-bond donors (Lipinski definition) is 7. The third-order valence-corrected chi connectivity index (χ3v) is 17.6. The number of fused-ring (bicyclic) bond motifs is 3. The summed E-state index contributed by atoms with van der Waals surface area (Å²) in [6.07, 6.45) is 26.8. The normalized spacial score (nSPS) is 34.4. The summed E-state index contributed by atoms with van der Waals surface area (Å²) in [5.41, 5.74) is 4.93. The zero-order valence-corrected chi connectivity index (χ0v) is 41.0. The molecule has 10 atom stereocenters. The average Bonchev–Trinajstić information content (AvgIpc) is 3.68. The van der Waals surface area contributed by atoms with Crippen LogP contribution in [0.25, 0.3) is 0 Å². The Hall–Kier alpha value is -3.03. The lowest BCUT2D eigenvalue weighted by molar-refractivity contribution is -0.207. The van der Waals surface area contributed by atoms with E-state index in [0.29, 0.717) is 51.0 Å². The summed E-state index contributed by atoms with van der Waals surface area (Å²) >= 11 is 0. The highest BCUT2D eigenvalue weighted by Gasteiger charge is 2.71. The predicted molar refractivity (Wildman–Crippen MR) is 266 cm³/mol. The summed E-state index contributed by atoms with van der Waals surface area (Å²) in [6.45, 7) is 8.61. The fraction of sp³-hybridized carbons (Fsp3) is 0.667. The maximum Gasteiger partial charge on any atom is 0.146 e. The van der Waals surface area contributed by atoms with Crippen molar-refractivity contribution in [1.82, 2.24) is 10.6 Å². The number of allylic oxidation sites excluding steroid dienone is 9. The lowest BCUT2D eigenvalue weighted by Gasteiger charge is -2.66. The molecule has 0 amide bonds.